The lowest BCUT2D eigenvalue weighted by Crippen LogP contribution is -2.05. The van der Waals surface area contributed by atoms with Gasteiger partial charge in [0, 0.05) is 6.92 Å². The smallest absolute Gasteiger partial charge is 0.261 e. The van der Waals surface area contributed by atoms with Crippen molar-refractivity contribution in [3.8, 4) is 0 Å². The van der Waals surface area contributed by atoms with Crippen LogP contribution in [0.1, 0.15) is 14.4 Å². The fourth-order valence-corrected chi connectivity index (χ4v) is 0.0829. The summed E-state index contributed by atoms with van der Waals surface area (Å²) in [6.45, 7) is 0.990. The van der Waals surface area contributed by atoms with Crippen LogP contribution in [0.4, 0.5) is 0 Å². The molecule has 6 nitrogen and oxygen atoms in total. The lowest BCUT2D eigenvalue weighted by Gasteiger charge is -1.89. The third kappa shape index (κ3) is 10.8. The van der Waals surface area contributed by atoms with Crippen molar-refractivity contribution in [1.29, 1.82) is 0 Å². The summed E-state index contributed by atoms with van der Waals surface area (Å²) >= 11 is 0. The van der Waals surface area contributed by atoms with Crippen LogP contribution in [-0.2, 0) is 14.7 Å². The van der Waals surface area contributed by atoms with Crippen molar-refractivity contribution in [2.75, 3.05) is 0 Å². The average molecular weight is 137 g/mol. The molecular weight excluding hydrogens is 130 g/mol. The van der Waals surface area contributed by atoms with Gasteiger partial charge in [-0.1, -0.05) is 12.4 Å². The van der Waals surface area contributed by atoms with E-state index in [4.69, 9.17) is 0 Å². The molecule has 0 saturated heterocycles. The largest absolute Gasteiger partial charge is 0.340 e. The molecule has 0 unspecified atom stereocenters. The Morgan fingerprint density at radius 2 is 2.11 bits per heavy atom. The lowest BCUT2D eigenvalue weighted by molar-refractivity contribution is -0.839. The second kappa shape index (κ2) is 4.82. The van der Waals surface area contributed by atoms with Gasteiger partial charge in [-0.05, 0) is 0 Å². The quantitative estimate of drug-likeness (QED) is 0.311. The van der Waals surface area contributed by atoms with Crippen molar-refractivity contribution in [1.82, 2.24) is 0 Å². The minimum absolute atomic E-state index is 0. The van der Waals surface area contributed by atoms with E-state index in [1.165, 1.54) is 0 Å². The molecule has 0 atom stereocenters. The number of nitrogens with zero attached hydrogens (tertiary/aromatic N) is 1. The highest BCUT2D eigenvalue weighted by Gasteiger charge is 1.96. The van der Waals surface area contributed by atoms with Crippen LogP contribution < -0.4 is 0 Å². The maximum atomic E-state index is 9.70. The number of hydrogen-bond donors (Lipinski definition) is 0. The molecule has 0 heterocycles. The topological polar surface area (TPSA) is 78.7 Å². The first-order valence-electron chi connectivity index (χ1n) is 1.62. The van der Waals surface area contributed by atoms with E-state index < -0.39 is 11.1 Å². The van der Waals surface area contributed by atoms with Crippen molar-refractivity contribution in [2.24, 2.45) is 0 Å². The third-order valence-electron chi connectivity index (χ3n) is 0.215. The Balaban J connectivity index is 0. The summed E-state index contributed by atoms with van der Waals surface area (Å²) in [5.41, 5.74) is 0. The Hall–Kier alpha value is -1.33. The predicted molar refractivity (Wildman–Crippen MR) is 26.6 cm³/mol. The SMILES string of the molecule is C.CC(=O)OO[N+](=O)[O-]. The van der Waals surface area contributed by atoms with E-state index in [1.54, 1.807) is 0 Å². The molecule has 0 aliphatic rings. The summed E-state index contributed by atoms with van der Waals surface area (Å²) in [6, 6.07) is 0. The molecule has 0 amide bonds. The van der Waals surface area contributed by atoms with Crippen LogP contribution in [-0.4, -0.2) is 11.1 Å². The van der Waals surface area contributed by atoms with E-state index in [2.05, 4.69) is 9.88 Å². The summed E-state index contributed by atoms with van der Waals surface area (Å²) in [4.78, 5) is 25.5. The number of carbonyl (C=O) groups excluding carboxylic acids is 1. The molecule has 0 aromatic rings. The molecule has 0 aliphatic heterocycles. The van der Waals surface area contributed by atoms with Crippen molar-refractivity contribution < 1.29 is 19.8 Å². The lowest BCUT2D eigenvalue weighted by atomic mass is 10.9. The van der Waals surface area contributed by atoms with Gasteiger partial charge >= 0.3 is 11.1 Å². The first-order chi connectivity index (χ1) is 3.63. The monoisotopic (exact) mass is 137 g/mol. The molecule has 0 saturated carbocycles. The van der Waals surface area contributed by atoms with Gasteiger partial charge in [-0.3, -0.25) is 4.89 Å². The number of rotatable bonds is 2. The van der Waals surface area contributed by atoms with E-state index in [-0.39, 0.29) is 7.43 Å². The fourth-order valence-electron chi connectivity index (χ4n) is 0.0829. The van der Waals surface area contributed by atoms with E-state index in [9.17, 15) is 14.9 Å². The van der Waals surface area contributed by atoms with Crippen LogP contribution in [0.2, 0.25) is 0 Å². The summed E-state index contributed by atoms with van der Waals surface area (Å²) in [7, 11) is 0. The first kappa shape index (κ1) is 10.6. The van der Waals surface area contributed by atoms with Crippen molar-refractivity contribution in [3.05, 3.63) is 10.1 Å². The zero-order valence-corrected chi connectivity index (χ0v) is 3.99. The molecule has 0 N–H and O–H groups in total. The van der Waals surface area contributed by atoms with Crippen molar-refractivity contribution in [3.63, 3.8) is 0 Å². The first-order valence-corrected chi connectivity index (χ1v) is 1.62. The zero-order valence-electron chi connectivity index (χ0n) is 3.99. The minimum Gasteiger partial charge on any atom is -0.261 e. The van der Waals surface area contributed by atoms with Gasteiger partial charge in [0.05, 0.1) is 0 Å². The summed E-state index contributed by atoms with van der Waals surface area (Å²) in [5.74, 6) is -0.860. The molecule has 6 heteroatoms. The van der Waals surface area contributed by atoms with Gasteiger partial charge in [-0.25, -0.2) is 4.79 Å². The summed E-state index contributed by atoms with van der Waals surface area (Å²) < 4.78 is 0. The molecule has 0 aromatic carbocycles. The van der Waals surface area contributed by atoms with E-state index in [0.717, 1.165) is 6.92 Å². The van der Waals surface area contributed by atoms with Crippen LogP contribution in [0.25, 0.3) is 0 Å². The molecule has 0 radical (unpaired) electrons. The Labute approximate surface area is 51.4 Å². The van der Waals surface area contributed by atoms with Gasteiger partial charge < -0.3 is 0 Å². The Kier molecular flexibility index (Phi) is 5.68. The van der Waals surface area contributed by atoms with Gasteiger partial charge in [0.25, 0.3) is 0 Å². The second-order valence-corrected chi connectivity index (χ2v) is 0.873. The van der Waals surface area contributed by atoms with Crippen molar-refractivity contribution in [2.45, 2.75) is 14.4 Å². The number of carbonyl (C=O) groups is 1. The average Bonchev–Trinajstić information content (AvgIpc) is 1.61. The van der Waals surface area contributed by atoms with Crippen LogP contribution in [0, 0.1) is 10.1 Å². The van der Waals surface area contributed by atoms with E-state index >= 15 is 0 Å². The fraction of sp³-hybridized carbons (Fsp3) is 0.667. The van der Waals surface area contributed by atoms with Gasteiger partial charge in [0.1, 0.15) is 0 Å². The summed E-state index contributed by atoms with van der Waals surface area (Å²) in [6.07, 6.45) is 0. The molecule has 0 aromatic heterocycles. The zero-order chi connectivity index (χ0) is 6.57. The molecule has 9 heavy (non-hydrogen) atoms. The van der Waals surface area contributed by atoms with E-state index in [0.29, 0.717) is 0 Å². The van der Waals surface area contributed by atoms with Crippen molar-refractivity contribution >= 4 is 5.97 Å². The van der Waals surface area contributed by atoms with E-state index in [1.807, 2.05) is 0 Å². The van der Waals surface area contributed by atoms with Gasteiger partial charge in [0.15, 0.2) is 0 Å². The second-order valence-electron chi connectivity index (χ2n) is 0.873. The van der Waals surface area contributed by atoms with Gasteiger partial charge in [-0.2, -0.15) is 0 Å². The maximum absolute atomic E-state index is 9.70. The normalized spacial score (nSPS) is 6.78. The summed E-state index contributed by atoms with van der Waals surface area (Å²) in [5, 5.41) is 7.99. The number of hydrogen-bond acceptors (Lipinski definition) is 5. The Morgan fingerprint density at radius 1 is 1.67 bits per heavy atom. The highest BCUT2D eigenvalue weighted by atomic mass is 17.3. The third-order valence-corrected chi connectivity index (χ3v) is 0.215. The molecular formula is C3H7NO5. The standard InChI is InChI=1S/C2H3NO5.CH4/c1-2(4)7-8-3(5)6;/h1H3;1H4. The molecule has 0 fully saturated rings. The van der Waals surface area contributed by atoms with Crippen LogP contribution in [0.3, 0.4) is 0 Å². The molecule has 0 spiro atoms. The molecule has 0 rings (SSSR count). The van der Waals surface area contributed by atoms with Gasteiger partial charge in [0.2, 0.25) is 0 Å². The highest BCUT2D eigenvalue weighted by molar-refractivity contribution is 5.65. The van der Waals surface area contributed by atoms with Crippen LogP contribution >= 0.6 is 0 Å². The molecule has 0 bridgehead atoms. The van der Waals surface area contributed by atoms with Gasteiger partial charge in [-0.15, -0.1) is 10.1 Å². The van der Waals surface area contributed by atoms with Crippen LogP contribution in [0.15, 0.2) is 0 Å². The Bertz CT molecular complexity index is 96.8. The molecule has 54 valence electrons. The Morgan fingerprint density at radius 3 is 2.22 bits per heavy atom. The highest BCUT2D eigenvalue weighted by Crippen LogP contribution is 1.77. The van der Waals surface area contributed by atoms with Crippen LogP contribution in [0.5, 0.6) is 0 Å². The predicted octanol–water partition coefficient (Wildman–Crippen LogP) is 0.309. The molecule has 0 aliphatic carbocycles. The minimum atomic E-state index is -1.22. The maximum Gasteiger partial charge on any atom is 0.340 e.